The topological polar surface area (TPSA) is 79.8 Å². The van der Waals surface area contributed by atoms with Crippen molar-refractivity contribution in [2.24, 2.45) is 11.8 Å². The number of rotatable bonds is 8. The van der Waals surface area contributed by atoms with Gasteiger partial charge in [0.2, 0.25) is 5.95 Å². The molecule has 1 unspecified atom stereocenters. The van der Waals surface area contributed by atoms with Gasteiger partial charge in [0.05, 0.1) is 27.0 Å². The Hall–Kier alpha value is -2.85. The fraction of sp³-hybridized carbons (Fsp3) is 0.464. The molecule has 0 saturated heterocycles. The quantitative estimate of drug-likeness (QED) is 0.331. The van der Waals surface area contributed by atoms with E-state index >= 15 is 0 Å². The molecule has 2 N–H and O–H groups in total. The number of nitrogens with one attached hydrogen (secondary N) is 2. The normalized spacial score (nSPS) is 17.3. The zero-order valence-electron chi connectivity index (χ0n) is 21.9. The number of aromatic nitrogens is 3. The van der Waals surface area contributed by atoms with E-state index in [2.05, 4.69) is 20.0 Å². The fourth-order valence-corrected chi connectivity index (χ4v) is 5.94. The van der Waals surface area contributed by atoms with Crippen LogP contribution in [0.4, 0.5) is 24.8 Å². The number of hydrogen-bond acceptors (Lipinski definition) is 5. The summed E-state index contributed by atoms with van der Waals surface area (Å²) in [6.45, 7) is 7.85. The summed E-state index contributed by atoms with van der Waals surface area (Å²) in [7, 11) is -1.22. The van der Waals surface area contributed by atoms with Crippen LogP contribution in [0.5, 0.6) is 0 Å². The first-order chi connectivity index (χ1) is 17.9. The van der Waals surface area contributed by atoms with E-state index in [1.54, 1.807) is 0 Å². The number of nitrogens with zero attached hydrogens (tertiary/aromatic N) is 3. The molecule has 10 heteroatoms. The first kappa shape index (κ1) is 26.7. The Morgan fingerprint density at radius 3 is 2.13 bits per heavy atom. The van der Waals surface area contributed by atoms with Crippen molar-refractivity contribution in [3.8, 4) is 11.1 Å². The summed E-state index contributed by atoms with van der Waals surface area (Å²) in [4.78, 5) is 12.4. The van der Waals surface area contributed by atoms with Gasteiger partial charge in [-0.25, -0.2) is 18.9 Å². The molecule has 2 heterocycles. The first-order valence-corrected chi connectivity index (χ1v) is 14.0. The van der Waals surface area contributed by atoms with Gasteiger partial charge in [-0.1, -0.05) is 12.1 Å². The van der Waals surface area contributed by atoms with Gasteiger partial charge in [0, 0.05) is 23.6 Å². The third kappa shape index (κ3) is 5.61. The van der Waals surface area contributed by atoms with Crippen LogP contribution in [0.25, 0.3) is 11.1 Å². The summed E-state index contributed by atoms with van der Waals surface area (Å²) in [5.74, 6) is 0.713. The van der Waals surface area contributed by atoms with E-state index in [4.69, 9.17) is 4.98 Å². The summed E-state index contributed by atoms with van der Waals surface area (Å²) in [6.07, 6.45) is 2.75. The highest BCUT2D eigenvalue weighted by Crippen LogP contribution is 2.57. The highest BCUT2D eigenvalue weighted by molar-refractivity contribution is 7.84. The average Bonchev–Trinajstić information content (AvgIpc) is 3.75. The number of halogens is 3. The second-order valence-corrected chi connectivity index (χ2v) is 13.3. The smallest absolute Gasteiger partial charge is 0.324 e. The van der Waals surface area contributed by atoms with Crippen molar-refractivity contribution in [3.05, 3.63) is 65.7 Å². The highest BCUT2D eigenvalue weighted by Gasteiger charge is 2.57. The monoisotopic (exact) mass is 543 g/mol. The van der Waals surface area contributed by atoms with Gasteiger partial charge in [-0.05, 0) is 101 Å². The van der Waals surface area contributed by atoms with E-state index < -0.39 is 28.4 Å². The van der Waals surface area contributed by atoms with Gasteiger partial charge in [0.25, 0.3) is 0 Å². The largest absolute Gasteiger partial charge is 0.433 e. The second-order valence-electron chi connectivity index (χ2n) is 11.3. The predicted molar refractivity (Wildman–Crippen MR) is 143 cm³/mol. The standard InChI is InChI=1S/C28H32F3N5OS/c1-17-13-19(15-22(14-17)34-25-32-12-11-24(35-25)28(29,30)31)18-5-10-23(33-16-18)27(20-6-7-20,21-8-9-21)36-38(37)26(2,3)4/h5,10-16,20-21,36H,6-9H2,1-4H3,(H,32,34,35). The molecule has 0 radical (unpaired) electrons. The van der Waals surface area contributed by atoms with Crippen molar-refractivity contribution in [1.82, 2.24) is 19.7 Å². The molecule has 0 aliphatic heterocycles. The van der Waals surface area contributed by atoms with Gasteiger partial charge >= 0.3 is 6.18 Å². The van der Waals surface area contributed by atoms with Crippen molar-refractivity contribution in [2.45, 2.75) is 69.8 Å². The molecule has 202 valence electrons. The maximum absolute atomic E-state index is 13.2. The van der Waals surface area contributed by atoms with E-state index in [-0.39, 0.29) is 10.7 Å². The molecule has 1 aromatic carbocycles. The van der Waals surface area contributed by atoms with Crippen LogP contribution in [-0.4, -0.2) is 23.9 Å². The van der Waals surface area contributed by atoms with Crippen molar-refractivity contribution in [1.29, 1.82) is 0 Å². The molecule has 38 heavy (non-hydrogen) atoms. The van der Waals surface area contributed by atoms with Gasteiger partial charge in [0.1, 0.15) is 5.69 Å². The van der Waals surface area contributed by atoms with Crippen LogP contribution in [0.2, 0.25) is 0 Å². The Balaban J connectivity index is 1.43. The number of benzene rings is 1. The molecule has 5 rings (SSSR count). The predicted octanol–water partition coefficient (Wildman–Crippen LogP) is 6.68. The zero-order valence-corrected chi connectivity index (χ0v) is 22.7. The summed E-state index contributed by atoms with van der Waals surface area (Å²) in [5, 5.41) is 2.90. The lowest BCUT2D eigenvalue weighted by atomic mass is 9.84. The zero-order chi connectivity index (χ0) is 27.3. The Labute approximate surface area is 223 Å². The lowest BCUT2D eigenvalue weighted by Crippen LogP contribution is -2.51. The Kier molecular flexibility index (Phi) is 6.84. The summed E-state index contributed by atoms with van der Waals surface area (Å²) >= 11 is 0. The van der Waals surface area contributed by atoms with Gasteiger partial charge < -0.3 is 5.32 Å². The molecular weight excluding hydrogens is 511 g/mol. The average molecular weight is 544 g/mol. The van der Waals surface area contributed by atoms with Crippen LogP contribution in [0.1, 0.15) is 63.4 Å². The molecule has 3 aromatic rings. The molecular formula is C28H32F3N5OS. The molecule has 6 nitrogen and oxygen atoms in total. The molecule has 2 fully saturated rings. The Bertz CT molecular complexity index is 1330. The molecule has 1 atom stereocenters. The Morgan fingerprint density at radius 2 is 1.58 bits per heavy atom. The lowest BCUT2D eigenvalue weighted by Gasteiger charge is -2.37. The van der Waals surface area contributed by atoms with Gasteiger partial charge in [-0.15, -0.1) is 0 Å². The number of aryl methyl sites for hydroxylation is 1. The van der Waals surface area contributed by atoms with Gasteiger partial charge in [-0.2, -0.15) is 13.2 Å². The molecule has 0 spiro atoms. The maximum atomic E-state index is 13.2. The van der Waals surface area contributed by atoms with Crippen molar-refractivity contribution in [2.75, 3.05) is 5.32 Å². The van der Waals surface area contributed by atoms with Crippen LogP contribution in [-0.2, 0) is 22.7 Å². The van der Waals surface area contributed by atoms with E-state index in [0.717, 1.165) is 60.3 Å². The fourth-order valence-electron chi connectivity index (χ4n) is 4.89. The summed E-state index contributed by atoms with van der Waals surface area (Å²) < 4.78 is 55.5. The summed E-state index contributed by atoms with van der Waals surface area (Å²) in [6, 6.07) is 10.6. The minimum absolute atomic E-state index is 0.124. The number of pyridine rings is 1. The maximum Gasteiger partial charge on any atom is 0.433 e. The lowest BCUT2D eigenvalue weighted by molar-refractivity contribution is -0.141. The highest BCUT2D eigenvalue weighted by atomic mass is 32.2. The van der Waals surface area contributed by atoms with Crippen molar-refractivity contribution in [3.63, 3.8) is 0 Å². The van der Waals surface area contributed by atoms with E-state index in [1.807, 2.05) is 64.2 Å². The third-order valence-corrected chi connectivity index (χ3v) is 8.70. The summed E-state index contributed by atoms with van der Waals surface area (Å²) in [5.41, 5.74) is 2.78. The minimum atomic E-state index is -4.55. The second kappa shape index (κ2) is 9.72. The van der Waals surface area contributed by atoms with E-state index in [9.17, 15) is 17.4 Å². The first-order valence-electron chi connectivity index (χ1n) is 12.8. The number of hydrogen-bond donors (Lipinski definition) is 2. The number of anilines is 2. The van der Waals surface area contributed by atoms with E-state index in [1.165, 1.54) is 0 Å². The molecule has 0 bridgehead atoms. The van der Waals surface area contributed by atoms with Crippen LogP contribution < -0.4 is 10.0 Å². The van der Waals surface area contributed by atoms with Crippen LogP contribution >= 0.6 is 0 Å². The molecule has 2 saturated carbocycles. The third-order valence-electron chi connectivity index (χ3n) is 7.06. The molecule has 0 amide bonds. The minimum Gasteiger partial charge on any atom is -0.324 e. The van der Waals surface area contributed by atoms with Crippen LogP contribution in [0.3, 0.4) is 0 Å². The molecule has 2 aromatic heterocycles. The SMILES string of the molecule is Cc1cc(Nc2nccc(C(F)(F)F)n2)cc(-c2ccc(C(NS(=O)C(C)(C)C)(C3CC3)C3CC3)nc2)c1. The van der Waals surface area contributed by atoms with Crippen molar-refractivity contribution >= 4 is 22.6 Å². The van der Waals surface area contributed by atoms with Gasteiger partial charge in [0.15, 0.2) is 0 Å². The molecule has 2 aliphatic carbocycles. The molecule has 2 aliphatic rings. The Morgan fingerprint density at radius 1 is 0.895 bits per heavy atom. The van der Waals surface area contributed by atoms with Crippen LogP contribution in [0, 0.1) is 18.8 Å². The van der Waals surface area contributed by atoms with E-state index in [0.29, 0.717) is 17.5 Å². The van der Waals surface area contributed by atoms with Crippen molar-refractivity contribution < 1.29 is 17.4 Å². The number of alkyl halides is 3. The van der Waals surface area contributed by atoms with Gasteiger partial charge in [-0.3, -0.25) is 4.98 Å². The van der Waals surface area contributed by atoms with Crippen LogP contribution in [0.15, 0.2) is 48.8 Å².